The van der Waals surface area contributed by atoms with Crippen LogP contribution in [0.25, 0.3) is 10.6 Å². The zero-order valence-electron chi connectivity index (χ0n) is 10.5. The molecule has 0 radical (unpaired) electrons. The molecule has 0 spiro atoms. The Balaban J connectivity index is 2.11. The zero-order valence-corrected chi connectivity index (χ0v) is 12.9. The van der Waals surface area contributed by atoms with Crippen LogP contribution in [0.3, 0.4) is 0 Å². The summed E-state index contributed by atoms with van der Waals surface area (Å²) in [5, 5.41) is 13.8. The van der Waals surface area contributed by atoms with Crippen LogP contribution in [0.15, 0.2) is 22.7 Å². The monoisotopic (exact) mass is 325 g/mol. The molecule has 1 N–H and O–H groups in total. The lowest BCUT2D eigenvalue weighted by Gasteiger charge is -2.00. The van der Waals surface area contributed by atoms with Gasteiger partial charge in [0.25, 0.3) is 0 Å². The summed E-state index contributed by atoms with van der Waals surface area (Å²) in [5.41, 5.74) is 2.35. The first kappa shape index (κ1) is 13.6. The maximum Gasteiger partial charge on any atom is 0.147 e. The molecule has 0 aliphatic heterocycles. The van der Waals surface area contributed by atoms with E-state index in [0.717, 1.165) is 39.6 Å². The minimum absolute atomic E-state index is 0.804. The predicted octanol–water partition coefficient (Wildman–Crippen LogP) is 3.78. The first-order chi connectivity index (χ1) is 8.70. The van der Waals surface area contributed by atoms with E-state index in [1.165, 1.54) is 5.56 Å². The number of halogens is 1. The van der Waals surface area contributed by atoms with Crippen LogP contribution in [-0.2, 0) is 6.54 Å². The quantitative estimate of drug-likeness (QED) is 0.850. The fourth-order valence-corrected chi connectivity index (χ4v) is 2.72. The van der Waals surface area contributed by atoms with Crippen molar-refractivity contribution in [3.05, 3.63) is 33.2 Å². The summed E-state index contributed by atoms with van der Waals surface area (Å²) in [6, 6.07) is 6.28. The summed E-state index contributed by atoms with van der Waals surface area (Å²) in [4.78, 5) is 0. The molecule has 1 aromatic carbocycles. The molecule has 0 saturated carbocycles. The Morgan fingerprint density at radius 3 is 2.89 bits per heavy atom. The van der Waals surface area contributed by atoms with Gasteiger partial charge in [0.2, 0.25) is 0 Å². The van der Waals surface area contributed by atoms with Crippen LogP contribution in [0.2, 0.25) is 0 Å². The van der Waals surface area contributed by atoms with E-state index in [1.807, 2.05) is 0 Å². The van der Waals surface area contributed by atoms with E-state index >= 15 is 0 Å². The highest BCUT2D eigenvalue weighted by Gasteiger charge is 2.07. The van der Waals surface area contributed by atoms with Crippen molar-refractivity contribution in [1.82, 2.24) is 15.5 Å². The summed E-state index contributed by atoms with van der Waals surface area (Å²) >= 11 is 5.19. The molecule has 0 amide bonds. The Bertz CT molecular complexity index is 525. The average Bonchev–Trinajstić information content (AvgIpc) is 2.82. The molecule has 0 aliphatic carbocycles. The van der Waals surface area contributed by atoms with Gasteiger partial charge in [-0.25, -0.2) is 0 Å². The topological polar surface area (TPSA) is 37.8 Å². The first-order valence-corrected chi connectivity index (χ1v) is 7.61. The number of rotatable bonds is 5. The van der Waals surface area contributed by atoms with Crippen molar-refractivity contribution in [3.8, 4) is 10.6 Å². The molecule has 0 fully saturated rings. The Labute approximate surface area is 120 Å². The zero-order chi connectivity index (χ0) is 13.0. The third-order valence-corrected chi connectivity index (χ3v) is 4.42. The maximum atomic E-state index is 4.24. The summed E-state index contributed by atoms with van der Waals surface area (Å²) in [7, 11) is 0. The average molecular weight is 326 g/mol. The Kier molecular flexibility index (Phi) is 4.86. The molecule has 0 saturated heterocycles. The second-order valence-electron chi connectivity index (χ2n) is 4.14. The van der Waals surface area contributed by atoms with Crippen molar-refractivity contribution in [2.24, 2.45) is 0 Å². The highest BCUT2D eigenvalue weighted by atomic mass is 79.9. The molecule has 2 aromatic rings. The Hall–Kier alpha value is -0.780. The minimum atomic E-state index is 0.804. The van der Waals surface area contributed by atoms with Crippen LogP contribution in [0, 0.1) is 6.92 Å². The summed E-state index contributed by atoms with van der Waals surface area (Å²) in [6.45, 7) is 6.06. The van der Waals surface area contributed by atoms with E-state index in [0.29, 0.717) is 0 Å². The van der Waals surface area contributed by atoms with Gasteiger partial charge in [0.1, 0.15) is 10.0 Å². The van der Waals surface area contributed by atoms with E-state index in [-0.39, 0.29) is 0 Å². The van der Waals surface area contributed by atoms with E-state index in [1.54, 1.807) is 11.3 Å². The molecule has 1 heterocycles. The number of aryl methyl sites for hydroxylation is 1. The molecular weight excluding hydrogens is 310 g/mol. The van der Waals surface area contributed by atoms with Gasteiger partial charge < -0.3 is 5.32 Å². The van der Waals surface area contributed by atoms with Crippen LogP contribution < -0.4 is 5.32 Å². The molecule has 1 aromatic heterocycles. The highest BCUT2D eigenvalue weighted by molar-refractivity contribution is 9.10. The Morgan fingerprint density at radius 1 is 1.33 bits per heavy atom. The summed E-state index contributed by atoms with van der Waals surface area (Å²) in [6.07, 6.45) is 1.14. The fourth-order valence-electron chi connectivity index (χ4n) is 1.54. The molecule has 0 bridgehead atoms. The van der Waals surface area contributed by atoms with E-state index in [9.17, 15) is 0 Å². The number of nitrogens with one attached hydrogen (secondary N) is 1. The molecule has 0 unspecified atom stereocenters. The van der Waals surface area contributed by atoms with Gasteiger partial charge in [0.15, 0.2) is 0 Å². The van der Waals surface area contributed by atoms with Crippen molar-refractivity contribution in [2.75, 3.05) is 6.54 Å². The highest BCUT2D eigenvalue weighted by Crippen LogP contribution is 2.27. The number of aromatic nitrogens is 2. The predicted molar refractivity (Wildman–Crippen MR) is 79.8 cm³/mol. The molecule has 96 valence electrons. The lowest BCUT2D eigenvalue weighted by Crippen LogP contribution is -2.13. The number of nitrogens with zero attached hydrogens (tertiary/aromatic N) is 2. The molecule has 3 nitrogen and oxygen atoms in total. The third-order valence-electron chi connectivity index (χ3n) is 2.59. The van der Waals surface area contributed by atoms with Crippen molar-refractivity contribution in [2.45, 2.75) is 26.8 Å². The largest absolute Gasteiger partial charge is 0.310 e. The fraction of sp³-hybridized carbons (Fsp3) is 0.385. The number of hydrogen-bond donors (Lipinski definition) is 1. The van der Waals surface area contributed by atoms with Crippen molar-refractivity contribution in [1.29, 1.82) is 0 Å². The summed E-state index contributed by atoms with van der Waals surface area (Å²) < 4.78 is 1.11. The van der Waals surface area contributed by atoms with Gasteiger partial charge in [-0.15, -0.1) is 10.2 Å². The Morgan fingerprint density at radius 2 is 2.17 bits per heavy atom. The molecule has 2 rings (SSSR count). The SMILES string of the molecule is CCCNCc1nnc(-c2ccc(C)c(Br)c2)s1. The van der Waals surface area contributed by atoms with Crippen molar-refractivity contribution >= 4 is 27.3 Å². The van der Waals surface area contributed by atoms with Gasteiger partial charge in [-0.2, -0.15) is 0 Å². The smallest absolute Gasteiger partial charge is 0.147 e. The lowest BCUT2D eigenvalue weighted by molar-refractivity contribution is 0.668. The summed E-state index contributed by atoms with van der Waals surface area (Å²) in [5.74, 6) is 0. The van der Waals surface area contributed by atoms with Gasteiger partial charge in [0.05, 0.1) is 0 Å². The van der Waals surface area contributed by atoms with Crippen LogP contribution >= 0.6 is 27.3 Å². The molecule has 0 aliphatic rings. The van der Waals surface area contributed by atoms with Gasteiger partial charge in [-0.05, 0) is 31.5 Å². The second kappa shape index (κ2) is 6.41. The van der Waals surface area contributed by atoms with Crippen LogP contribution in [0.4, 0.5) is 0 Å². The normalized spacial score (nSPS) is 10.8. The first-order valence-electron chi connectivity index (χ1n) is 6.00. The van der Waals surface area contributed by atoms with Crippen LogP contribution in [0.1, 0.15) is 23.9 Å². The van der Waals surface area contributed by atoms with Gasteiger partial charge in [-0.1, -0.05) is 46.3 Å². The van der Waals surface area contributed by atoms with E-state index in [2.05, 4.69) is 63.5 Å². The number of hydrogen-bond acceptors (Lipinski definition) is 4. The molecule has 18 heavy (non-hydrogen) atoms. The minimum Gasteiger partial charge on any atom is -0.310 e. The maximum absolute atomic E-state index is 4.24. The van der Waals surface area contributed by atoms with Crippen LogP contribution in [0.5, 0.6) is 0 Å². The number of benzene rings is 1. The van der Waals surface area contributed by atoms with Gasteiger partial charge in [-0.3, -0.25) is 0 Å². The van der Waals surface area contributed by atoms with E-state index in [4.69, 9.17) is 0 Å². The second-order valence-corrected chi connectivity index (χ2v) is 6.06. The molecular formula is C13H16BrN3S. The van der Waals surface area contributed by atoms with E-state index < -0.39 is 0 Å². The van der Waals surface area contributed by atoms with Crippen molar-refractivity contribution < 1.29 is 0 Å². The van der Waals surface area contributed by atoms with Gasteiger partial charge >= 0.3 is 0 Å². The third kappa shape index (κ3) is 3.37. The van der Waals surface area contributed by atoms with Gasteiger partial charge in [0, 0.05) is 16.6 Å². The molecule has 5 heteroatoms. The standard InChI is InChI=1S/C13H16BrN3S/c1-3-6-15-8-12-16-17-13(18-12)10-5-4-9(2)11(14)7-10/h4-5,7,15H,3,6,8H2,1-2H3. The lowest BCUT2D eigenvalue weighted by atomic mass is 10.2. The van der Waals surface area contributed by atoms with Crippen LogP contribution in [-0.4, -0.2) is 16.7 Å². The van der Waals surface area contributed by atoms with Crippen molar-refractivity contribution in [3.63, 3.8) is 0 Å². The molecule has 0 atom stereocenters.